The molecule has 1 aliphatic rings. The average Bonchev–Trinajstić information content (AvgIpc) is 2.45. The van der Waals surface area contributed by atoms with Crippen LogP contribution in [0.4, 0.5) is 5.82 Å². The van der Waals surface area contributed by atoms with Gasteiger partial charge in [0.1, 0.15) is 11.8 Å². The van der Waals surface area contributed by atoms with Crippen molar-refractivity contribution in [2.75, 3.05) is 4.90 Å². The van der Waals surface area contributed by atoms with Crippen LogP contribution in [0.25, 0.3) is 0 Å². The fourth-order valence-electron chi connectivity index (χ4n) is 2.31. The zero-order valence-corrected chi connectivity index (χ0v) is 12.9. The van der Waals surface area contributed by atoms with Gasteiger partial charge in [-0.05, 0) is 13.8 Å². The molecule has 1 aliphatic heterocycles. The molecule has 126 valence electrons. The Bertz CT molecular complexity index is 652. The van der Waals surface area contributed by atoms with E-state index in [1.807, 2.05) is 0 Å². The number of rotatable bonds is 3. The number of hydrogen-bond acceptors (Lipinski definition) is 9. The van der Waals surface area contributed by atoms with Gasteiger partial charge < -0.3 is 15.3 Å². The van der Waals surface area contributed by atoms with E-state index in [2.05, 4.69) is 15.3 Å². The first kappa shape index (κ1) is 17.4. The Morgan fingerprint density at radius 3 is 2.52 bits per heavy atom. The number of carbonyl (C=O) groups is 2. The van der Waals surface area contributed by atoms with Gasteiger partial charge in [-0.3, -0.25) is 25.2 Å². The molecule has 2 heterocycles. The Balaban J connectivity index is 2.64. The van der Waals surface area contributed by atoms with Gasteiger partial charge >= 0.3 is 0 Å². The maximum absolute atomic E-state index is 12.0. The topological polar surface area (TPSA) is 162 Å². The van der Waals surface area contributed by atoms with Crippen LogP contribution in [0.3, 0.4) is 0 Å². The second-order valence-electron chi connectivity index (χ2n) is 5.41. The zero-order chi connectivity index (χ0) is 17.5. The number of aliphatic hydroxyl groups excluding tert-OH is 3. The van der Waals surface area contributed by atoms with E-state index in [1.54, 1.807) is 0 Å². The minimum atomic E-state index is -2.00. The third-order valence-corrected chi connectivity index (χ3v) is 3.59. The number of nitrogens with zero attached hydrogens (tertiary/aromatic N) is 3. The van der Waals surface area contributed by atoms with Crippen LogP contribution >= 0.6 is 0 Å². The summed E-state index contributed by atoms with van der Waals surface area (Å²) in [7, 11) is 0. The highest BCUT2D eigenvalue weighted by Crippen LogP contribution is 2.32. The van der Waals surface area contributed by atoms with Crippen molar-refractivity contribution < 1.29 is 24.9 Å². The summed E-state index contributed by atoms with van der Waals surface area (Å²) in [5.41, 5.74) is 5.90. The molecule has 0 saturated heterocycles. The van der Waals surface area contributed by atoms with Gasteiger partial charge in [-0.15, -0.1) is 0 Å². The number of carbonyl (C=O) groups excluding carboxylic acids is 2. The van der Waals surface area contributed by atoms with Crippen LogP contribution in [0.5, 0.6) is 0 Å². The maximum Gasteiger partial charge on any atom is 0.228 e. The first-order valence-electron chi connectivity index (χ1n) is 6.89. The van der Waals surface area contributed by atoms with Gasteiger partial charge in [-0.2, -0.15) is 0 Å². The SMILES string of the molecule is CC(=O)N1c2nc(C(O)C(C)O)cnc2C(O)NC1(N)C(C)=O. The van der Waals surface area contributed by atoms with Crippen LogP contribution < -0.4 is 16.0 Å². The quantitative estimate of drug-likeness (QED) is 0.424. The zero-order valence-electron chi connectivity index (χ0n) is 12.9. The monoisotopic (exact) mass is 325 g/mol. The molecular weight excluding hydrogens is 306 g/mol. The van der Waals surface area contributed by atoms with E-state index in [4.69, 9.17) is 5.73 Å². The van der Waals surface area contributed by atoms with Crippen molar-refractivity contribution in [3.05, 3.63) is 17.6 Å². The summed E-state index contributed by atoms with van der Waals surface area (Å²) >= 11 is 0. The highest BCUT2D eigenvalue weighted by Gasteiger charge is 2.48. The van der Waals surface area contributed by atoms with Gasteiger partial charge in [0.25, 0.3) is 0 Å². The third kappa shape index (κ3) is 2.82. The fourth-order valence-corrected chi connectivity index (χ4v) is 2.31. The van der Waals surface area contributed by atoms with Gasteiger partial charge in [0, 0.05) is 6.92 Å². The van der Waals surface area contributed by atoms with Crippen LogP contribution in [-0.2, 0) is 9.59 Å². The van der Waals surface area contributed by atoms with Crippen LogP contribution in [-0.4, -0.2) is 48.9 Å². The largest absolute Gasteiger partial charge is 0.390 e. The molecule has 0 aromatic carbocycles. The molecule has 0 spiro atoms. The molecule has 6 N–H and O–H groups in total. The van der Waals surface area contributed by atoms with E-state index in [9.17, 15) is 24.9 Å². The highest BCUT2D eigenvalue weighted by atomic mass is 16.3. The lowest BCUT2D eigenvalue weighted by Crippen LogP contribution is -2.74. The van der Waals surface area contributed by atoms with Gasteiger partial charge in [0.15, 0.2) is 17.8 Å². The second-order valence-corrected chi connectivity index (χ2v) is 5.41. The van der Waals surface area contributed by atoms with Crippen LogP contribution in [0.15, 0.2) is 6.20 Å². The van der Waals surface area contributed by atoms with Crippen molar-refractivity contribution in [3.63, 3.8) is 0 Å². The van der Waals surface area contributed by atoms with Gasteiger partial charge in [0.05, 0.1) is 18.0 Å². The lowest BCUT2D eigenvalue weighted by Gasteiger charge is -2.44. The summed E-state index contributed by atoms with van der Waals surface area (Å²) in [6.07, 6.45) is -2.75. The molecule has 1 aromatic heterocycles. The summed E-state index contributed by atoms with van der Waals surface area (Å²) in [5.74, 6) is -3.39. The van der Waals surface area contributed by atoms with Crippen LogP contribution in [0.2, 0.25) is 0 Å². The standard InChI is InChI=1S/C13H19N5O5/c1-5(19)10(22)8-4-15-9-11(16-8)18(7(3)21)13(14,6(2)20)17-12(9)23/h4-5,10,12,17,19,22-23H,14H2,1-3H3. The first-order valence-corrected chi connectivity index (χ1v) is 6.89. The molecule has 0 aliphatic carbocycles. The molecule has 2 rings (SSSR count). The van der Waals surface area contributed by atoms with Crippen molar-refractivity contribution in [1.29, 1.82) is 0 Å². The smallest absolute Gasteiger partial charge is 0.228 e. The number of hydrogen-bond donors (Lipinski definition) is 5. The number of ketones is 1. The summed E-state index contributed by atoms with van der Waals surface area (Å²) in [6.45, 7) is 3.68. The highest BCUT2D eigenvalue weighted by molar-refractivity contribution is 6.02. The lowest BCUT2D eigenvalue weighted by molar-refractivity contribution is -0.130. The number of nitrogens with two attached hydrogens (primary N) is 1. The minimum Gasteiger partial charge on any atom is -0.390 e. The second kappa shape index (κ2) is 5.91. The van der Waals surface area contributed by atoms with E-state index >= 15 is 0 Å². The predicted molar refractivity (Wildman–Crippen MR) is 77.5 cm³/mol. The Hall–Kier alpha value is -1.98. The molecule has 0 saturated carbocycles. The molecule has 4 unspecified atom stereocenters. The van der Waals surface area contributed by atoms with Gasteiger partial charge in [-0.25, -0.2) is 10.3 Å². The molecule has 0 fully saturated rings. The summed E-state index contributed by atoms with van der Waals surface area (Å²) in [6, 6.07) is 0. The molecule has 0 bridgehead atoms. The molecule has 1 aromatic rings. The minimum absolute atomic E-state index is 0.0231. The summed E-state index contributed by atoms with van der Waals surface area (Å²) in [5, 5.41) is 31.9. The van der Waals surface area contributed by atoms with Crippen molar-refractivity contribution in [1.82, 2.24) is 15.3 Å². The van der Waals surface area contributed by atoms with Crippen molar-refractivity contribution in [2.45, 2.75) is 45.0 Å². The third-order valence-electron chi connectivity index (χ3n) is 3.59. The van der Waals surface area contributed by atoms with Crippen molar-refractivity contribution in [2.24, 2.45) is 5.73 Å². The lowest BCUT2D eigenvalue weighted by atomic mass is 10.1. The van der Waals surface area contributed by atoms with E-state index in [0.29, 0.717) is 0 Å². The van der Waals surface area contributed by atoms with Crippen molar-refractivity contribution >= 4 is 17.5 Å². The van der Waals surface area contributed by atoms with Gasteiger partial charge in [0.2, 0.25) is 11.7 Å². The van der Waals surface area contributed by atoms with Crippen LogP contribution in [0, 0.1) is 0 Å². The number of Topliss-reactive ketones (excluding diaryl/α,β-unsaturated/α-hetero) is 1. The number of fused-ring (bicyclic) bond motifs is 1. The Kier molecular flexibility index (Phi) is 4.46. The number of anilines is 1. The number of amides is 1. The fraction of sp³-hybridized carbons (Fsp3) is 0.538. The maximum atomic E-state index is 12.0. The van der Waals surface area contributed by atoms with Gasteiger partial charge in [-0.1, -0.05) is 0 Å². The first-order chi connectivity index (χ1) is 10.6. The van der Waals surface area contributed by atoms with E-state index < -0.39 is 35.9 Å². The van der Waals surface area contributed by atoms with Crippen molar-refractivity contribution in [3.8, 4) is 0 Å². The van der Waals surface area contributed by atoms with E-state index in [-0.39, 0.29) is 17.2 Å². The molecular formula is C13H19N5O5. The van der Waals surface area contributed by atoms with E-state index in [1.165, 1.54) is 13.8 Å². The molecule has 23 heavy (non-hydrogen) atoms. The number of nitrogens with one attached hydrogen (secondary N) is 1. The Labute approximate surface area is 132 Å². The predicted octanol–water partition coefficient (Wildman–Crippen LogP) is -1.96. The number of aromatic nitrogens is 2. The van der Waals surface area contributed by atoms with Crippen LogP contribution in [0.1, 0.15) is 44.5 Å². The average molecular weight is 325 g/mol. The molecule has 0 radical (unpaired) electrons. The molecule has 1 amide bonds. The summed E-state index contributed by atoms with van der Waals surface area (Å²) < 4.78 is 0. The Morgan fingerprint density at radius 2 is 2.04 bits per heavy atom. The molecule has 4 atom stereocenters. The number of aliphatic hydroxyl groups is 3. The Morgan fingerprint density at radius 1 is 1.43 bits per heavy atom. The molecule has 10 heteroatoms. The normalized spacial score (nSPS) is 26.4. The molecule has 10 nitrogen and oxygen atoms in total. The summed E-state index contributed by atoms with van der Waals surface area (Å²) in [4.78, 5) is 32.8. The van der Waals surface area contributed by atoms with E-state index in [0.717, 1.165) is 18.0 Å².